The van der Waals surface area contributed by atoms with E-state index in [1.165, 1.54) is 0 Å². The molecule has 1 aromatic carbocycles. The zero-order chi connectivity index (χ0) is 13.2. The van der Waals surface area contributed by atoms with E-state index in [-0.39, 0.29) is 11.8 Å². The van der Waals surface area contributed by atoms with E-state index in [2.05, 4.69) is 10.6 Å². The fourth-order valence-electron chi connectivity index (χ4n) is 1.58. The van der Waals surface area contributed by atoms with Crippen LogP contribution in [0.3, 0.4) is 0 Å². The summed E-state index contributed by atoms with van der Waals surface area (Å²) < 4.78 is 5.48. The molecule has 2 N–H and O–H groups in total. The largest absolute Gasteiger partial charge is 0.375 e. The molecule has 4 heteroatoms. The Balaban J connectivity index is 2.07. The Bertz CT molecular complexity index is 341. The quantitative estimate of drug-likeness (QED) is 0.681. The van der Waals surface area contributed by atoms with Gasteiger partial charge in [-0.15, -0.1) is 0 Å². The minimum Gasteiger partial charge on any atom is -0.375 e. The molecular weight excluding hydrogens is 228 g/mol. The first-order valence-electron chi connectivity index (χ1n) is 6.28. The molecule has 0 saturated heterocycles. The van der Waals surface area contributed by atoms with Gasteiger partial charge < -0.3 is 15.4 Å². The van der Waals surface area contributed by atoms with Crippen LogP contribution in [0, 0.1) is 5.92 Å². The van der Waals surface area contributed by atoms with E-state index in [1.54, 1.807) is 0 Å². The van der Waals surface area contributed by atoms with Gasteiger partial charge in [0.2, 0.25) is 5.91 Å². The molecule has 1 amide bonds. The van der Waals surface area contributed by atoms with E-state index in [0.29, 0.717) is 26.3 Å². The summed E-state index contributed by atoms with van der Waals surface area (Å²) in [4.78, 5) is 11.6. The summed E-state index contributed by atoms with van der Waals surface area (Å²) in [6.45, 7) is 4.27. The highest BCUT2D eigenvalue weighted by Gasteiger charge is 2.10. The maximum absolute atomic E-state index is 11.6. The van der Waals surface area contributed by atoms with E-state index in [1.807, 2.05) is 44.3 Å². The highest BCUT2D eigenvalue weighted by Crippen LogP contribution is 1.99. The van der Waals surface area contributed by atoms with Gasteiger partial charge in [0.25, 0.3) is 0 Å². The lowest BCUT2D eigenvalue weighted by Crippen LogP contribution is -2.36. The zero-order valence-electron chi connectivity index (χ0n) is 11.1. The summed E-state index contributed by atoms with van der Waals surface area (Å²) in [7, 11) is 1.84. The Morgan fingerprint density at radius 3 is 2.72 bits per heavy atom. The van der Waals surface area contributed by atoms with E-state index in [0.717, 1.165) is 5.56 Å². The van der Waals surface area contributed by atoms with Gasteiger partial charge in [0.05, 0.1) is 13.2 Å². The monoisotopic (exact) mass is 250 g/mol. The number of hydrogen-bond donors (Lipinski definition) is 2. The number of rotatable bonds is 8. The molecule has 0 aromatic heterocycles. The number of ether oxygens (including phenoxy) is 1. The zero-order valence-corrected chi connectivity index (χ0v) is 11.1. The highest BCUT2D eigenvalue weighted by molar-refractivity contribution is 5.78. The number of benzene rings is 1. The van der Waals surface area contributed by atoms with Gasteiger partial charge in [-0.05, 0) is 12.6 Å². The lowest BCUT2D eigenvalue weighted by molar-refractivity contribution is -0.124. The van der Waals surface area contributed by atoms with Crippen molar-refractivity contribution in [3.63, 3.8) is 0 Å². The third-order valence-corrected chi connectivity index (χ3v) is 2.62. The summed E-state index contributed by atoms with van der Waals surface area (Å²) in [5, 5.41) is 5.83. The van der Waals surface area contributed by atoms with E-state index < -0.39 is 0 Å². The van der Waals surface area contributed by atoms with Crippen molar-refractivity contribution >= 4 is 5.91 Å². The number of hydrogen-bond acceptors (Lipinski definition) is 3. The highest BCUT2D eigenvalue weighted by atomic mass is 16.5. The molecule has 0 saturated carbocycles. The summed E-state index contributed by atoms with van der Waals surface area (Å²) in [5.41, 5.74) is 1.15. The summed E-state index contributed by atoms with van der Waals surface area (Å²) in [6, 6.07) is 9.99. The second-order valence-electron chi connectivity index (χ2n) is 4.29. The van der Waals surface area contributed by atoms with Crippen molar-refractivity contribution in [1.82, 2.24) is 10.6 Å². The third kappa shape index (κ3) is 5.80. The minimum absolute atomic E-state index is 0.0101. The van der Waals surface area contributed by atoms with Crippen LogP contribution in [0.1, 0.15) is 12.5 Å². The average molecular weight is 250 g/mol. The molecule has 4 nitrogen and oxygen atoms in total. The van der Waals surface area contributed by atoms with Gasteiger partial charge in [0.15, 0.2) is 0 Å². The predicted molar refractivity (Wildman–Crippen MR) is 72.2 cm³/mol. The number of carbonyl (C=O) groups is 1. The third-order valence-electron chi connectivity index (χ3n) is 2.62. The molecule has 0 aliphatic rings. The van der Waals surface area contributed by atoms with Crippen LogP contribution >= 0.6 is 0 Å². The minimum atomic E-state index is -0.0101. The smallest absolute Gasteiger partial charge is 0.224 e. The maximum atomic E-state index is 11.6. The van der Waals surface area contributed by atoms with Crippen molar-refractivity contribution < 1.29 is 9.53 Å². The first-order valence-corrected chi connectivity index (χ1v) is 6.28. The molecule has 0 aliphatic heterocycles. The molecule has 18 heavy (non-hydrogen) atoms. The fraction of sp³-hybridized carbons (Fsp3) is 0.500. The van der Waals surface area contributed by atoms with Crippen molar-refractivity contribution in [2.45, 2.75) is 13.5 Å². The van der Waals surface area contributed by atoms with Gasteiger partial charge in [-0.3, -0.25) is 4.79 Å². The van der Waals surface area contributed by atoms with Crippen LogP contribution in [0.25, 0.3) is 0 Å². The van der Waals surface area contributed by atoms with E-state index in [9.17, 15) is 4.79 Å². The maximum Gasteiger partial charge on any atom is 0.224 e. The summed E-state index contributed by atoms with van der Waals surface area (Å²) >= 11 is 0. The second kappa shape index (κ2) is 8.66. The average Bonchev–Trinajstić information content (AvgIpc) is 2.39. The topological polar surface area (TPSA) is 50.4 Å². The van der Waals surface area contributed by atoms with Gasteiger partial charge in [0.1, 0.15) is 0 Å². The van der Waals surface area contributed by atoms with E-state index in [4.69, 9.17) is 4.74 Å². The first kappa shape index (κ1) is 14.7. The molecule has 0 spiro atoms. The molecule has 0 heterocycles. The number of amides is 1. The van der Waals surface area contributed by atoms with Gasteiger partial charge in [0, 0.05) is 19.0 Å². The van der Waals surface area contributed by atoms with Crippen LogP contribution in [0.2, 0.25) is 0 Å². The van der Waals surface area contributed by atoms with Crippen molar-refractivity contribution in [2.24, 2.45) is 5.92 Å². The normalized spacial score (nSPS) is 12.1. The number of nitrogens with one attached hydrogen (secondary N) is 2. The fourth-order valence-corrected chi connectivity index (χ4v) is 1.58. The SMILES string of the molecule is CNCC(C)C(=O)NCCOCc1ccccc1. The van der Waals surface area contributed by atoms with Crippen molar-refractivity contribution in [3.8, 4) is 0 Å². The molecule has 0 aliphatic carbocycles. The Morgan fingerprint density at radius 1 is 1.33 bits per heavy atom. The molecule has 1 unspecified atom stereocenters. The summed E-state index contributed by atoms with van der Waals surface area (Å²) in [5.74, 6) is 0.0526. The Hall–Kier alpha value is -1.39. The Morgan fingerprint density at radius 2 is 2.06 bits per heavy atom. The lowest BCUT2D eigenvalue weighted by atomic mass is 10.1. The Kier molecular flexibility index (Phi) is 7.06. The van der Waals surface area contributed by atoms with E-state index >= 15 is 0 Å². The van der Waals surface area contributed by atoms with Crippen LogP contribution in [-0.4, -0.2) is 32.7 Å². The molecule has 1 aromatic rings. The van der Waals surface area contributed by atoms with Gasteiger partial charge in [-0.25, -0.2) is 0 Å². The van der Waals surface area contributed by atoms with Crippen LogP contribution < -0.4 is 10.6 Å². The Labute approximate surface area is 109 Å². The molecule has 1 rings (SSSR count). The van der Waals surface area contributed by atoms with Gasteiger partial charge in [-0.1, -0.05) is 37.3 Å². The second-order valence-corrected chi connectivity index (χ2v) is 4.29. The molecular formula is C14H22N2O2. The predicted octanol–water partition coefficient (Wildman–Crippen LogP) is 1.17. The molecule has 100 valence electrons. The first-order chi connectivity index (χ1) is 8.74. The number of carbonyl (C=O) groups excluding carboxylic acids is 1. The molecule has 0 radical (unpaired) electrons. The van der Waals surface area contributed by atoms with Crippen LogP contribution in [-0.2, 0) is 16.1 Å². The summed E-state index contributed by atoms with van der Waals surface area (Å²) in [6.07, 6.45) is 0. The van der Waals surface area contributed by atoms with Crippen LogP contribution in [0.5, 0.6) is 0 Å². The molecule has 1 atom stereocenters. The molecule has 0 fully saturated rings. The van der Waals surface area contributed by atoms with Crippen LogP contribution in [0.15, 0.2) is 30.3 Å². The van der Waals surface area contributed by atoms with Gasteiger partial charge in [-0.2, -0.15) is 0 Å². The van der Waals surface area contributed by atoms with Crippen molar-refractivity contribution in [1.29, 1.82) is 0 Å². The van der Waals surface area contributed by atoms with Crippen molar-refractivity contribution in [2.75, 3.05) is 26.7 Å². The standard InChI is InChI=1S/C14H22N2O2/c1-12(10-15-2)14(17)16-8-9-18-11-13-6-4-3-5-7-13/h3-7,12,15H,8-11H2,1-2H3,(H,16,17). The van der Waals surface area contributed by atoms with Crippen molar-refractivity contribution in [3.05, 3.63) is 35.9 Å². The molecule has 0 bridgehead atoms. The lowest BCUT2D eigenvalue weighted by Gasteiger charge is -2.11. The van der Waals surface area contributed by atoms with Crippen LogP contribution in [0.4, 0.5) is 0 Å². The van der Waals surface area contributed by atoms with Gasteiger partial charge >= 0.3 is 0 Å².